The molecule has 0 aliphatic carbocycles. The molecule has 1 heterocycles. The topological polar surface area (TPSA) is 64.8 Å². The molecule has 3 rings (SSSR count). The predicted molar refractivity (Wildman–Crippen MR) is 92.9 cm³/mol. The number of ether oxygens (including phenoxy) is 2. The van der Waals surface area contributed by atoms with Crippen molar-refractivity contribution in [1.82, 2.24) is 5.16 Å². The Balaban J connectivity index is 1.69. The number of rotatable bonds is 6. The van der Waals surface area contributed by atoms with Crippen LogP contribution in [-0.2, 0) is 11.3 Å². The summed E-state index contributed by atoms with van der Waals surface area (Å²) in [6.07, 6.45) is 0. The summed E-state index contributed by atoms with van der Waals surface area (Å²) < 4.78 is 15.8. The van der Waals surface area contributed by atoms with Gasteiger partial charge < -0.3 is 18.9 Å². The van der Waals surface area contributed by atoms with E-state index in [0.717, 1.165) is 11.4 Å². The summed E-state index contributed by atoms with van der Waals surface area (Å²) in [4.78, 5) is 14.0. The van der Waals surface area contributed by atoms with Gasteiger partial charge in [-0.1, -0.05) is 23.4 Å². The molecule has 0 saturated carbocycles. The molecular formula is C19H18N2O4. The zero-order chi connectivity index (χ0) is 17.6. The van der Waals surface area contributed by atoms with Gasteiger partial charge in [-0.25, -0.2) is 0 Å². The van der Waals surface area contributed by atoms with Crippen molar-refractivity contribution >= 4 is 11.6 Å². The van der Waals surface area contributed by atoms with Crippen LogP contribution >= 0.6 is 0 Å². The van der Waals surface area contributed by atoms with E-state index in [0.29, 0.717) is 11.5 Å². The van der Waals surface area contributed by atoms with Crippen LogP contribution < -0.4 is 9.64 Å². The summed E-state index contributed by atoms with van der Waals surface area (Å²) in [7, 11) is 3.23. The normalized spacial score (nSPS) is 10.5. The molecule has 6 heteroatoms. The second kappa shape index (κ2) is 7.63. The first-order valence-corrected chi connectivity index (χ1v) is 7.73. The van der Waals surface area contributed by atoms with Crippen LogP contribution in [0.4, 0.5) is 5.69 Å². The molecule has 0 bridgehead atoms. The van der Waals surface area contributed by atoms with Gasteiger partial charge in [0.25, 0.3) is 5.91 Å². The van der Waals surface area contributed by atoms with Crippen LogP contribution in [0.1, 0.15) is 16.2 Å². The lowest BCUT2D eigenvalue weighted by Gasteiger charge is -2.16. The fourth-order valence-electron chi connectivity index (χ4n) is 2.28. The molecule has 0 N–H and O–H groups in total. The molecular weight excluding hydrogens is 320 g/mol. The fourth-order valence-corrected chi connectivity index (χ4v) is 2.28. The van der Waals surface area contributed by atoms with Gasteiger partial charge in [0.2, 0.25) is 0 Å². The van der Waals surface area contributed by atoms with Crippen molar-refractivity contribution in [2.24, 2.45) is 0 Å². The number of benzene rings is 2. The largest absolute Gasteiger partial charge is 0.457 e. The molecule has 3 aromatic rings. The van der Waals surface area contributed by atoms with Crippen LogP contribution in [-0.4, -0.2) is 25.2 Å². The number of methoxy groups -OCH3 is 1. The van der Waals surface area contributed by atoms with Crippen LogP contribution in [0.5, 0.6) is 11.5 Å². The minimum absolute atomic E-state index is 0.235. The Morgan fingerprint density at radius 3 is 2.44 bits per heavy atom. The van der Waals surface area contributed by atoms with E-state index in [-0.39, 0.29) is 18.2 Å². The van der Waals surface area contributed by atoms with Gasteiger partial charge in [0.15, 0.2) is 11.5 Å². The second-order valence-electron chi connectivity index (χ2n) is 5.38. The summed E-state index contributed by atoms with van der Waals surface area (Å²) in [5, 5.41) is 3.78. The highest BCUT2D eigenvalue weighted by Crippen LogP contribution is 2.24. The summed E-state index contributed by atoms with van der Waals surface area (Å²) >= 11 is 0. The number of hydrogen-bond acceptors (Lipinski definition) is 5. The van der Waals surface area contributed by atoms with E-state index in [1.165, 1.54) is 4.90 Å². The van der Waals surface area contributed by atoms with Gasteiger partial charge in [0, 0.05) is 25.9 Å². The molecule has 0 aliphatic heterocycles. The minimum atomic E-state index is -0.261. The van der Waals surface area contributed by atoms with E-state index in [4.69, 9.17) is 14.0 Å². The highest BCUT2D eigenvalue weighted by Gasteiger charge is 2.18. The molecule has 25 heavy (non-hydrogen) atoms. The van der Waals surface area contributed by atoms with E-state index in [1.54, 1.807) is 20.2 Å². The first kappa shape index (κ1) is 16.7. The Hall–Kier alpha value is -3.12. The van der Waals surface area contributed by atoms with Crippen molar-refractivity contribution < 1.29 is 18.8 Å². The number of aromatic nitrogens is 1. The van der Waals surface area contributed by atoms with Crippen LogP contribution in [0.3, 0.4) is 0 Å². The second-order valence-corrected chi connectivity index (χ2v) is 5.38. The maximum atomic E-state index is 12.5. The van der Waals surface area contributed by atoms with Gasteiger partial charge in [-0.3, -0.25) is 4.79 Å². The summed E-state index contributed by atoms with van der Waals surface area (Å²) in [6, 6.07) is 18.3. The van der Waals surface area contributed by atoms with Gasteiger partial charge in [0.05, 0.1) is 0 Å². The Labute approximate surface area is 145 Å². The highest BCUT2D eigenvalue weighted by molar-refractivity contribution is 6.04. The number of nitrogens with zero attached hydrogens (tertiary/aromatic N) is 2. The number of carbonyl (C=O) groups is 1. The van der Waals surface area contributed by atoms with Gasteiger partial charge in [-0.15, -0.1) is 0 Å². The van der Waals surface area contributed by atoms with Gasteiger partial charge in [-0.2, -0.15) is 0 Å². The number of para-hydroxylation sites is 1. The quantitative estimate of drug-likeness (QED) is 0.682. The maximum Gasteiger partial charge on any atom is 0.280 e. The maximum absolute atomic E-state index is 12.5. The molecule has 128 valence electrons. The molecule has 0 atom stereocenters. The predicted octanol–water partition coefficient (Wildman–Crippen LogP) is 3.89. The van der Waals surface area contributed by atoms with E-state index in [2.05, 4.69) is 5.16 Å². The molecule has 0 aliphatic rings. The summed E-state index contributed by atoms with van der Waals surface area (Å²) in [5.74, 6) is 1.70. The monoisotopic (exact) mass is 338 g/mol. The zero-order valence-electron chi connectivity index (χ0n) is 14.0. The molecule has 6 nitrogen and oxygen atoms in total. The van der Waals surface area contributed by atoms with Crippen LogP contribution in [0, 0.1) is 0 Å². The molecule has 0 radical (unpaired) electrons. The van der Waals surface area contributed by atoms with Gasteiger partial charge in [0.1, 0.15) is 18.1 Å². The van der Waals surface area contributed by atoms with Crippen molar-refractivity contribution in [2.45, 2.75) is 6.61 Å². The Kier molecular flexibility index (Phi) is 5.11. The number of carbonyl (C=O) groups excluding carboxylic acids is 1. The summed E-state index contributed by atoms with van der Waals surface area (Å²) in [5.41, 5.74) is 0.959. The average Bonchev–Trinajstić information content (AvgIpc) is 3.11. The van der Waals surface area contributed by atoms with Crippen LogP contribution in [0.15, 0.2) is 65.2 Å². The molecule has 1 aromatic heterocycles. The Morgan fingerprint density at radius 1 is 1.08 bits per heavy atom. The average molecular weight is 338 g/mol. The van der Waals surface area contributed by atoms with Crippen molar-refractivity contribution in [1.29, 1.82) is 0 Å². The fraction of sp³-hybridized carbons (Fsp3) is 0.158. The van der Waals surface area contributed by atoms with E-state index < -0.39 is 0 Å². The lowest BCUT2D eigenvalue weighted by molar-refractivity contribution is 0.0983. The standard InChI is InChI=1S/C19H18N2O4/c1-21(19(22)18-12-17(13-23-2)25-20-18)14-8-10-16(11-9-14)24-15-6-4-3-5-7-15/h3-12H,13H2,1-2H3. The third kappa shape index (κ3) is 4.05. The first-order chi connectivity index (χ1) is 12.2. The van der Waals surface area contributed by atoms with E-state index in [9.17, 15) is 4.79 Å². The Bertz CT molecular complexity index is 828. The lowest BCUT2D eigenvalue weighted by atomic mass is 10.2. The molecule has 0 saturated heterocycles. The number of anilines is 1. The molecule has 0 unspecified atom stereocenters. The van der Waals surface area contributed by atoms with Gasteiger partial charge >= 0.3 is 0 Å². The van der Waals surface area contributed by atoms with Crippen molar-refractivity contribution in [3.63, 3.8) is 0 Å². The van der Waals surface area contributed by atoms with Crippen molar-refractivity contribution in [3.05, 3.63) is 72.1 Å². The van der Waals surface area contributed by atoms with E-state index >= 15 is 0 Å². The number of amides is 1. The van der Waals surface area contributed by atoms with Crippen molar-refractivity contribution in [3.8, 4) is 11.5 Å². The zero-order valence-corrected chi connectivity index (χ0v) is 14.0. The van der Waals surface area contributed by atoms with E-state index in [1.807, 2.05) is 54.6 Å². The smallest absolute Gasteiger partial charge is 0.280 e. The minimum Gasteiger partial charge on any atom is -0.457 e. The van der Waals surface area contributed by atoms with Gasteiger partial charge in [-0.05, 0) is 36.4 Å². The van der Waals surface area contributed by atoms with Crippen molar-refractivity contribution in [2.75, 3.05) is 19.1 Å². The third-order valence-corrected chi connectivity index (χ3v) is 3.57. The number of hydrogen-bond donors (Lipinski definition) is 0. The lowest BCUT2D eigenvalue weighted by Crippen LogP contribution is -2.26. The summed E-state index contributed by atoms with van der Waals surface area (Å²) in [6.45, 7) is 0.273. The molecule has 0 fully saturated rings. The Morgan fingerprint density at radius 2 is 1.76 bits per heavy atom. The first-order valence-electron chi connectivity index (χ1n) is 7.73. The SMILES string of the molecule is COCc1cc(C(=O)N(C)c2ccc(Oc3ccccc3)cc2)no1. The van der Waals surface area contributed by atoms with Crippen LogP contribution in [0.25, 0.3) is 0 Å². The van der Waals surface area contributed by atoms with Crippen LogP contribution in [0.2, 0.25) is 0 Å². The molecule has 0 spiro atoms. The highest BCUT2D eigenvalue weighted by atomic mass is 16.5. The molecule has 2 aromatic carbocycles. The molecule has 1 amide bonds. The third-order valence-electron chi connectivity index (χ3n) is 3.57.